The number of benzene rings is 1. The summed E-state index contributed by atoms with van der Waals surface area (Å²) in [6.45, 7) is 1.83. The zero-order chi connectivity index (χ0) is 13.3. The summed E-state index contributed by atoms with van der Waals surface area (Å²) >= 11 is 12.0. The summed E-state index contributed by atoms with van der Waals surface area (Å²) in [6, 6.07) is 6.91. The van der Waals surface area contributed by atoms with Crippen molar-refractivity contribution in [2.75, 3.05) is 0 Å². The Kier molecular flexibility index (Phi) is 3.59. The fourth-order valence-electron chi connectivity index (χ4n) is 1.68. The minimum atomic E-state index is -1.08. The number of aryl methyl sites for hydroxylation is 1. The maximum absolute atomic E-state index is 11.1. The molecule has 2 aromatic rings. The van der Waals surface area contributed by atoms with E-state index in [9.17, 15) is 4.79 Å². The van der Waals surface area contributed by atoms with Gasteiger partial charge >= 0.3 is 5.97 Å². The molecule has 0 fully saturated rings. The molecule has 0 aliphatic heterocycles. The number of nitrogens with zero attached hydrogens (tertiary/aromatic N) is 2. The molecule has 18 heavy (non-hydrogen) atoms. The van der Waals surface area contributed by atoms with Gasteiger partial charge in [0.05, 0.1) is 11.4 Å². The van der Waals surface area contributed by atoms with E-state index in [1.54, 1.807) is 24.3 Å². The van der Waals surface area contributed by atoms with Crippen molar-refractivity contribution in [2.45, 2.75) is 13.3 Å². The van der Waals surface area contributed by atoms with Gasteiger partial charge in [0.25, 0.3) is 0 Å². The zero-order valence-corrected chi connectivity index (χ0v) is 11.0. The lowest BCUT2D eigenvalue weighted by molar-refractivity contribution is 0.0696. The molecule has 4 nitrogen and oxygen atoms in total. The van der Waals surface area contributed by atoms with Crippen LogP contribution in [0.3, 0.4) is 0 Å². The maximum atomic E-state index is 11.1. The Bertz CT molecular complexity index is 608. The molecular weight excluding hydrogens is 275 g/mol. The Hall–Kier alpha value is -1.52. The van der Waals surface area contributed by atoms with Crippen LogP contribution in [0.15, 0.2) is 24.3 Å². The molecule has 0 aliphatic carbocycles. The highest BCUT2D eigenvalue weighted by molar-refractivity contribution is 6.33. The molecule has 0 spiro atoms. The highest BCUT2D eigenvalue weighted by atomic mass is 35.5. The first-order chi connectivity index (χ1) is 8.54. The molecule has 94 valence electrons. The average Bonchev–Trinajstić information content (AvgIpc) is 2.66. The van der Waals surface area contributed by atoms with Crippen LogP contribution in [-0.2, 0) is 6.42 Å². The van der Waals surface area contributed by atoms with Crippen LogP contribution in [0.25, 0.3) is 5.69 Å². The van der Waals surface area contributed by atoms with Crippen LogP contribution in [0.4, 0.5) is 0 Å². The van der Waals surface area contributed by atoms with Crippen molar-refractivity contribution in [2.24, 2.45) is 0 Å². The zero-order valence-electron chi connectivity index (χ0n) is 9.52. The molecular formula is C12H10Cl2N2O2. The van der Waals surface area contributed by atoms with Gasteiger partial charge in [0.15, 0.2) is 0 Å². The standard InChI is InChI=1S/C12H10Cl2N2O2/c1-2-9-10(12(17)18)11(14)16(15-9)8-5-3-4-7(13)6-8/h3-6H,2H2,1H3,(H,17,18). The van der Waals surface area contributed by atoms with E-state index >= 15 is 0 Å². The minimum Gasteiger partial charge on any atom is -0.478 e. The third kappa shape index (κ3) is 2.21. The lowest BCUT2D eigenvalue weighted by Gasteiger charge is -2.03. The monoisotopic (exact) mass is 284 g/mol. The van der Waals surface area contributed by atoms with Crippen LogP contribution < -0.4 is 0 Å². The lowest BCUT2D eigenvalue weighted by Crippen LogP contribution is -2.00. The number of carboxylic acid groups (broad SMARTS) is 1. The Morgan fingerprint density at radius 2 is 2.17 bits per heavy atom. The molecule has 0 amide bonds. The second-order valence-electron chi connectivity index (χ2n) is 3.66. The molecule has 2 rings (SSSR count). The van der Waals surface area contributed by atoms with Gasteiger partial charge < -0.3 is 5.11 Å². The van der Waals surface area contributed by atoms with Crippen LogP contribution in [-0.4, -0.2) is 20.9 Å². The van der Waals surface area contributed by atoms with Gasteiger partial charge in [-0.25, -0.2) is 9.48 Å². The highest BCUT2D eigenvalue weighted by Gasteiger charge is 2.21. The number of aromatic carboxylic acids is 1. The third-order valence-electron chi connectivity index (χ3n) is 2.50. The Morgan fingerprint density at radius 1 is 1.44 bits per heavy atom. The van der Waals surface area contributed by atoms with Gasteiger partial charge in [0.2, 0.25) is 0 Å². The number of hydrogen-bond acceptors (Lipinski definition) is 2. The van der Waals surface area contributed by atoms with E-state index in [-0.39, 0.29) is 10.7 Å². The molecule has 6 heteroatoms. The van der Waals surface area contributed by atoms with E-state index in [2.05, 4.69) is 5.10 Å². The summed E-state index contributed by atoms with van der Waals surface area (Å²) in [6.07, 6.45) is 0.495. The van der Waals surface area contributed by atoms with E-state index in [1.807, 2.05) is 6.92 Å². The molecule has 1 heterocycles. The summed E-state index contributed by atoms with van der Waals surface area (Å²) < 4.78 is 1.38. The molecule has 0 aliphatic rings. The summed E-state index contributed by atoms with van der Waals surface area (Å²) in [5.74, 6) is -1.08. The van der Waals surface area contributed by atoms with Crippen molar-refractivity contribution >= 4 is 29.2 Å². The lowest BCUT2D eigenvalue weighted by atomic mass is 10.2. The largest absolute Gasteiger partial charge is 0.478 e. The molecule has 0 bridgehead atoms. The fourth-order valence-corrected chi connectivity index (χ4v) is 2.19. The maximum Gasteiger partial charge on any atom is 0.340 e. The first-order valence-electron chi connectivity index (χ1n) is 5.31. The molecule has 0 radical (unpaired) electrons. The Balaban J connectivity index is 2.63. The van der Waals surface area contributed by atoms with Gasteiger partial charge in [-0.05, 0) is 24.6 Å². The Morgan fingerprint density at radius 3 is 2.67 bits per heavy atom. The van der Waals surface area contributed by atoms with Gasteiger partial charge in [-0.15, -0.1) is 0 Å². The predicted molar refractivity (Wildman–Crippen MR) is 69.9 cm³/mol. The molecule has 0 saturated carbocycles. The average molecular weight is 285 g/mol. The van der Waals surface area contributed by atoms with E-state index in [0.717, 1.165) is 0 Å². The first kappa shape index (κ1) is 12.9. The van der Waals surface area contributed by atoms with Crippen LogP contribution in [0, 0.1) is 0 Å². The first-order valence-corrected chi connectivity index (χ1v) is 6.06. The summed E-state index contributed by atoms with van der Waals surface area (Å²) in [4.78, 5) is 11.1. The third-order valence-corrected chi connectivity index (χ3v) is 3.09. The summed E-state index contributed by atoms with van der Waals surface area (Å²) in [7, 11) is 0. The van der Waals surface area contributed by atoms with Crippen molar-refractivity contribution in [1.82, 2.24) is 9.78 Å². The van der Waals surface area contributed by atoms with Crippen LogP contribution in [0.1, 0.15) is 23.0 Å². The highest BCUT2D eigenvalue weighted by Crippen LogP contribution is 2.25. The number of halogens is 2. The van der Waals surface area contributed by atoms with Crippen molar-refractivity contribution in [3.05, 3.63) is 45.7 Å². The normalized spacial score (nSPS) is 10.6. The molecule has 1 aromatic heterocycles. The Labute approximate surface area is 114 Å². The van der Waals surface area contributed by atoms with Gasteiger partial charge in [-0.2, -0.15) is 5.10 Å². The van der Waals surface area contributed by atoms with Gasteiger partial charge in [-0.3, -0.25) is 0 Å². The molecule has 1 aromatic carbocycles. The number of carbonyl (C=O) groups is 1. The SMILES string of the molecule is CCc1nn(-c2cccc(Cl)c2)c(Cl)c1C(=O)O. The van der Waals surface area contributed by atoms with E-state index < -0.39 is 5.97 Å². The van der Waals surface area contributed by atoms with Gasteiger partial charge in [-0.1, -0.05) is 36.2 Å². The smallest absolute Gasteiger partial charge is 0.340 e. The minimum absolute atomic E-state index is 0.0409. The quantitative estimate of drug-likeness (QED) is 0.939. The number of hydrogen-bond donors (Lipinski definition) is 1. The number of aromatic nitrogens is 2. The second-order valence-corrected chi connectivity index (χ2v) is 4.46. The van der Waals surface area contributed by atoms with Crippen molar-refractivity contribution in [3.8, 4) is 5.69 Å². The van der Waals surface area contributed by atoms with Crippen LogP contribution >= 0.6 is 23.2 Å². The molecule has 0 unspecified atom stereocenters. The second kappa shape index (κ2) is 5.00. The van der Waals surface area contributed by atoms with Crippen LogP contribution in [0.2, 0.25) is 10.2 Å². The van der Waals surface area contributed by atoms with Crippen molar-refractivity contribution < 1.29 is 9.90 Å². The van der Waals surface area contributed by atoms with E-state index in [1.165, 1.54) is 4.68 Å². The summed E-state index contributed by atoms with van der Waals surface area (Å²) in [5.41, 5.74) is 1.13. The van der Waals surface area contributed by atoms with Gasteiger partial charge in [0, 0.05) is 5.02 Å². The van der Waals surface area contributed by atoms with Crippen molar-refractivity contribution in [3.63, 3.8) is 0 Å². The molecule has 0 atom stereocenters. The molecule has 0 saturated heterocycles. The van der Waals surface area contributed by atoms with Gasteiger partial charge in [0.1, 0.15) is 10.7 Å². The van der Waals surface area contributed by atoms with Crippen molar-refractivity contribution in [1.29, 1.82) is 0 Å². The number of carboxylic acids is 1. The topological polar surface area (TPSA) is 55.1 Å². The van der Waals surface area contributed by atoms with E-state index in [4.69, 9.17) is 28.3 Å². The van der Waals surface area contributed by atoms with E-state index in [0.29, 0.717) is 22.8 Å². The molecule has 1 N–H and O–H groups in total. The number of rotatable bonds is 3. The summed E-state index contributed by atoms with van der Waals surface area (Å²) in [5, 5.41) is 14.0. The van der Waals surface area contributed by atoms with Crippen LogP contribution in [0.5, 0.6) is 0 Å². The predicted octanol–water partition coefficient (Wildman–Crippen LogP) is 3.44. The fraction of sp³-hybridized carbons (Fsp3) is 0.167.